The first-order chi connectivity index (χ1) is 9.36. The van der Waals surface area contributed by atoms with Crippen LogP contribution < -0.4 is 10.5 Å². The maximum atomic E-state index is 11.1. The molecule has 0 saturated heterocycles. The van der Waals surface area contributed by atoms with Gasteiger partial charge in [-0.15, -0.1) is 0 Å². The summed E-state index contributed by atoms with van der Waals surface area (Å²) in [6, 6.07) is 0. The maximum Gasteiger partial charge on any atom is 0.352 e. The predicted molar refractivity (Wildman–Crippen MR) is 74.4 cm³/mol. The smallest absolute Gasteiger partial charge is 0.352 e. The third-order valence-corrected chi connectivity index (χ3v) is 3.64. The Morgan fingerprint density at radius 3 is 2.40 bits per heavy atom. The van der Waals surface area contributed by atoms with E-state index in [1.165, 1.54) is 6.92 Å². The second kappa shape index (κ2) is 5.60. The van der Waals surface area contributed by atoms with E-state index in [0.717, 1.165) is 19.3 Å². The van der Waals surface area contributed by atoms with E-state index in [2.05, 4.69) is 23.8 Å². The molecule has 1 aromatic rings. The van der Waals surface area contributed by atoms with Crippen molar-refractivity contribution >= 4 is 11.6 Å². The van der Waals surface area contributed by atoms with Crippen molar-refractivity contribution in [2.24, 2.45) is 11.8 Å². The summed E-state index contributed by atoms with van der Waals surface area (Å²) in [6.07, 6.45) is 2.86. The zero-order valence-electron chi connectivity index (χ0n) is 12.0. The summed E-state index contributed by atoms with van der Waals surface area (Å²) in [5.74, 6) is 1.08. The number of nitrogen functional groups attached to an aromatic ring is 1. The lowest BCUT2D eigenvalue weighted by molar-refractivity contribution is -0.387. The number of ether oxygens (including phenoxy) is 1. The van der Waals surface area contributed by atoms with E-state index < -0.39 is 4.92 Å². The summed E-state index contributed by atoms with van der Waals surface area (Å²) in [6.45, 7) is 5.87. The Morgan fingerprint density at radius 2 is 1.85 bits per heavy atom. The highest BCUT2D eigenvalue weighted by atomic mass is 16.6. The molecule has 2 unspecified atom stereocenters. The number of aryl methyl sites for hydroxylation is 1. The molecule has 0 amide bonds. The Bertz CT molecular complexity index is 511. The van der Waals surface area contributed by atoms with Crippen LogP contribution in [-0.4, -0.2) is 21.0 Å². The van der Waals surface area contributed by atoms with Crippen LogP contribution in [0.25, 0.3) is 0 Å². The number of anilines is 1. The Labute approximate surface area is 117 Å². The minimum Gasteiger partial charge on any atom is -0.469 e. The first-order valence-electron chi connectivity index (χ1n) is 6.82. The largest absolute Gasteiger partial charge is 0.469 e. The van der Waals surface area contributed by atoms with Gasteiger partial charge >= 0.3 is 5.69 Å². The molecular weight excluding hydrogens is 260 g/mol. The Morgan fingerprint density at radius 1 is 1.25 bits per heavy atom. The Kier molecular flexibility index (Phi) is 4.06. The number of hydrogen-bond acceptors (Lipinski definition) is 6. The average molecular weight is 280 g/mol. The molecule has 2 rings (SSSR count). The molecule has 0 bridgehead atoms. The number of hydrogen-bond donors (Lipinski definition) is 1. The van der Waals surface area contributed by atoms with E-state index >= 15 is 0 Å². The minimum atomic E-state index is -0.514. The molecule has 1 heterocycles. The van der Waals surface area contributed by atoms with Crippen molar-refractivity contribution in [3.63, 3.8) is 0 Å². The van der Waals surface area contributed by atoms with Crippen LogP contribution in [-0.2, 0) is 0 Å². The number of nitrogens with zero attached hydrogens (tertiary/aromatic N) is 3. The van der Waals surface area contributed by atoms with Crippen LogP contribution in [0.1, 0.15) is 38.8 Å². The van der Waals surface area contributed by atoms with Gasteiger partial charge < -0.3 is 10.5 Å². The molecule has 1 aliphatic carbocycles. The molecule has 110 valence electrons. The van der Waals surface area contributed by atoms with Crippen molar-refractivity contribution in [3.05, 3.63) is 15.8 Å². The van der Waals surface area contributed by atoms with Crippen molar-refractivity contribution in [2.45, 2.75) is 46.1 Å². The van der Waals surface area contributed by atoms with Crippen LogP contribution in [0.15, 0.2) is 0 Å². The third kappa shape index (κ3) is 3.15. The molecule has 20 heavy (non-hydrogen) atoms. The number of nitro groups is 1. The van der Waals surface area contributed by atoms with Gasteiger partial charge in [-0.05, 0) is 38.0 Å². The maximum absolute atomic E-state index is 11.1. The molecule has 7 nitrogen and oxygen atoms in total. The van der Waals surface area contributed by atoms with Crippen molar-refractivity contribution in [2.75, 3.05) is 5.73 Å². The van der Waals surface area contributed by atoms with E-state index in [1.54, 1.807) is 0 Å². The molecule has 0 radical (unpaired) electrons. The molecule has 2 atom stereocenters. The van der Waals surface area contributed by atoms with Crippen LogP contribution in [0.3, 0.4) is 0 Å². The lowest BCUT2D eigenvalue weighted by atomic mass is 9.82. The molecule has 1 saturated carbocycles. The monoisotopic (exact) mass is 280 g/mol. The Balaban J connectivity index is 2.26. The van der Waals surface area contributed by atoms with Crippen LogP contribution in [0.2, 0.25) is 0 Å². The molecular formula is C13H20N4O3. The van der Waals surface area contributed by atoms with Gasteiger partial charge in [0.25, 0.3) is 5.88 Å². The zero-order chi connectivity index (χ0) is 14.9. The SMILES string of the molecule is Cc1nc(N)nc(OC2CC(C)CC(C)C2)c1[N+](=O)[O-]. The van der Waals surface area contributed by atoms with Gasteiger partial charge in [0.1, 0.15) is 11.8 Å². The molecule has 0 aromatic carbocycles. The number of nitrogens with two attached hydrogens (primary N) is 1. The lowest BCUT2D eigenvalue weighted by Gasteiger charge is -2.31. The van der Waals surface area contributed by atoms with Gasteiger partial charge in [0, 0.05) is 0 Å². The molecule has 1 aliphatic rings. The van der Waals surface area contributed by atoms with E-state index in [1.807, 2.05) is 0 Å². The zero-order valence-corrected chi connectivity index (χ0v) is 12.0. The summed E-state index contributed by atoms with van der Waals surface area (Å²) in [5.41, 5.74) is 5.60. The van der Waals surface area contributed by atoms with E-state index in [0.29, 0.717) is 11.8 Å². The van der Waals surface area contributed by atoms with Crippen molar-refractivity contribution < 1.29 is 9.66 Å². The van der Waals surface area contributed by atoms with Gasteiger partial charge in [-0.25, -0.2) is 4.98 Å². The van der Waals surface area contributed by atoms with Crippen molar-refractivity contribution in [3.8, 4) is 5.88 Å². The second-order valence-electron chi connectivity index (χ2n) is 5.74. The molecule has 7 heteroatoms. The number of rotatable bonds is 3. The van der Waals surface area contributed by atoms with Gasteiger partial charge in [-0.1, -0.05) is 13.8 Å². The fraction of sp³-hybridized carbons (Fsp3) is 0.692. The molecule has 1 fully saturated rings. The quantitative estimate of drug-likeness (QED) is 0.673. The van der Waals surface area contributed by atoms with Gasteiger partial charge in [0.2, 0.25) is 5.95 Å². The Hall–Kier alpha value is -1.92. The first kappa shape index (κ1) is 14.5. The summed E-state index contributed by atoms with van der Waals surface area (Å²) in [5, 5.41) is 11.1. The molecule has 0 aliphatic heterocycles. The van der Waals surface area contributed by atoms with Crippen molar-refractivity contribution in [1.82, 2.24) is 9.97 Å². The topological polar surface area (TPSA) is 104 Å². The molecule has 1 aromatic heterocycles. The van der Waals surface area contributed by atoms with Crippen molar-refractivity contribution in [1.29, 1.82) is 0 Å². The lowest BCUT2D eigenvalue weighted by Crippen LogP contribution is -2.29. The molecule has 0 spiro atoms. The van der Waals surface area contributed by atoms with Gasteiger partial charge in [0.15, 0.2) is 0 Å². The van der Waals surface area contributed by atoms with Crippen LogP contribution in [0, 0.1) is 28.9 Å². The summed E-state index contributed by atoms with van der Waals surface area (Å²) in [4.78, 5) is 18.3. The van der Waals surface area contributed by atoms with Crippen LogP contribution >= 0.6 is 0 Å². The normalized spacial score (nSPS) is 26.2. The summed E-state index contributed by atoms with van der Waals surface area (Å²) >= 11 is 0. The highest BCUT2D eigenvalue weighted by Crippen LogP contribution is 2.34. The van der Waals surface area contributed by atoms with Gasteiger partial charge in [-0.2, -0.15) is 4.98 Å². The van der Waals surface area contributed by atoms with Crippen LogP contribution in [0.4, 0.5) is 11.6 Å². The van der Waals surface area contributed by atoms with E-state index in [9.17, 15) is 10.1 Å². The summed E-state index contributed by atoms with van der Waals surface area (Å²) < 4.78 is 5.78. The highest BCUT2D eigenvalue weighted by Gasteiger charge is 2.30. The minimum absolute atomic E-state index is 0.00000591. The van der Waals surface area contributed by atoms with Crippen LogP contribution in [0.5, 0.6) is 5.88 Å². The average Bonchev–Trinajstić information content (AvgIpc) is 2.25. The second-order valence-corrected chi connectivity index (χ2v) is 5.74. The first-order valence-corrected chi connectivity index (χ1v) is 6.82. The van der Waals surface area contributed by atoms with E-state index in [4.69, 9.17) is 10.5 Å². The van der Waals surface area contributed by atoms with Gasteiger partial charge in [0.05, 0.1) is 4.92 Å². The van der Waals surface area contributed by atoms with E-state index in [-0.39, 0.29) is 29.3 Å². The van der Waals surface area contributed by atoms with Gasteiger partial charge in [-0.3, -0.25) is 10.1 Å². The predicted octanol–water partition coefficient (Wildman–Crippen LogP) is 2.48. The fourth-order valence-corrected chi connectivity index (χ4v) is 2.98. The fourth-order valence-electron chi connectivity index (χ4n) is 2.98. The highest BCUT2D eigenvalue weighted by molar-refractivity contribution is 5.47. The summed E-state index contributed by atoms with van der Waals surface area (Å²) in [7, 11) is 0. The number of aromatic nitrogens is 2. The standard InChI is InChI=1S/C13H20N4O3/c1-7-4-8(2)6-10(5-7)20-12-11(17(18)19)9(3)15-13(14)16-12/h7-8,10H,4-6H2,1-3H3,(H2,14,15,16). The molecule has 2 N–H and O–H groups in total. The third-order valence-electron chi connectivity index (χ3n) is 3.64.